The third kappa shape index (κ3) is 1.72. The monoisotopic (exact) mass is 384 g/mol. The highest BCUT2D eigenvalue weighted by atomic mass is 79.9. The van der Waals surface area contributed by atoms with Gasteiger partial charge in [0.1, 0.15) is 5.82 Å². The van der Waals surface area contributed by atoms with Crippen molar-refractivity contribution in [3.63, 3.8) is 0 Å². The summed E-state index contributed by atoms with van der Waals surface area (Å²) in [5, 5.41) is 3.38. The topological polar surface area (TPSA) is 59.1 Å². The highest BCUT2D eigenvalue weighted by Crippen LogP contribution is 2.72. The van der Waals surface area contributed by atoms with Crippen molar-refractivity contribution in [2.24, 2.45) is 16.2 Å². The van der Waals surface area contributed by atoms with E-state index in [2.05, 4.69) is 26.2 Å². The summed E-state index contributed by atoms with van der Waals surface area (Å²) in [5.41, 5.74) is -1.63. The normalized spacial score (nSPS) is 35.7. The Hall–Kier alpha value is -0.940. The van der Waals surface area contributed by atoms with Crippen molar-refractivity contribution in [2.45, 2.75) is 38.4 Å². The van der Waals surface area contributed by atoms with Gasteiger partial charge in [0, 0.05) is 11.6 Å². The van der Waals surface area contributed by atoms with E-state index in [0.717, 1.165) is 6.42 Å². The van der Waals surface area contributed by atoms with Gasteiger partial charge in [-0.25, -0.2) is 4.98 Å². The minimum atomic E-state index is -0.750. The van der Waals surface area contributed by atoms with Crippen LogP contribution in [0.1, 0.15) is 33.6 Å². The van der Waals surface area contributed by atoms with Crippen LogP contribution < -0.4 is 5.32 Å². The van der Waals surface area contributed by atoms with E-state index in [4.69, 9.17) is 11.6 Å². The lowest BCUT2D eigenvalue weighted by Gasteiger charge is -2.39. The summed E-state index contributed by atoms with van der Waals surface area (Å²) in [6.45, 7) is 6.02. The standard InChI is InChI=1S/C16H18BrClN2O2/c1-14(2)15(3)6-7-16(14,11(17)12(15)21)13(22)20-10-5-4-9(18)8-19-10/h4-5,8,11H,6-7H2,1-3H3,(H,19,20,22)/t11-,15-,16-/m1/s1. The lowest BCUT2D eigenvalue weighted by molar-refractivity contribution is -0.130. The zero-order chi connectivity index (χ0) is 16.3. The Bertz CT molecular complexity index is 661. The van der Waals surface area contributed by atoms with Crippen LogP contribution in [0.2, 0.25) is 5.02 Å². The van der Waals surface area contributed by atoms with Crippen LogP contribution in [-0.2, 0) is 9.59 Å². The van der Waals surface area contributed by atoms with Gasteiger partial charge in [0.25, 0.3) is 0 Å². The summed E-state index contributed by atoms with van der Waals surface area (Å²) in [4.78, 5) is 29.3. The lowest BCUT2D eigenvalue weighted by atomic mass is 9.64. The number of fused-ring (bicyclic) bond motifs is 2. The molecule has 1 amide bonds. The Morgan fingerprint density at radius 2 is 2.05 bits per heavy atom. The lowest BCUT2D eigenvalue weighted by Crippen LogP contribution is -2.48. The second-order valence-corrected chi connectivity index (χ2v) is 8.32. The van der Waals surface area contributed by atoms with E-state index in [1.54, 1.807) is 12.1 Å². The number of nitrogens with one attached hydrogen (secondary N) is 1. The smallest absolute Gasteiger partial charge is 0.233 e. The van der Waals surface area contributed by atoms with Crippen molar-refractivity contribution >= 4 is 45.0 Å². The quantitative estimate of drug-likeness (QED) is 0.787. The molecule has 0 aromatic carbocycles. The molecule has 1 aromatic rings. The molecule has 2 aliphatic carbocycles. The third-order valence-corrected chi connectivity index (χ3v) is 7.52. The van der Waals surface area contributed by atoms with E-state index >= 15 is 0 Å². The van der Waals surface area contributed by atoms with Crippen LogP contribution >= 0.6 is 27.5 Å². The van der Waals surface area contributed by atoms with Crippen LogP contribution in [-0.4, -0.2) is 21.5 Å². The number of carbonyl (C=O) groups excluding carboxylic acids is 2. The summed E-state index contributed by atoms with van der Waals surface area (Å²) in [7, 11) is 0. The van der Waals surface area contributed by atoms with Crippen LogP contribution in [0, 0.1) is 16.2 Å². The van der Waals surface area contributed by atoms with Crippen LogP contribution in [0.25, 0.3) is 0 Å². The minimum Gasteiger partial charge on any atom is -0.310 e. The van der Waals surface area contributed by atoms with Gasteiger partial charge < -0.3 is 5.32 Å². The first-order valence-electron chi connectivity index (χ1n) is 7.28. The maximum atomic E-state index is 13.0. The predicted octanol–water partition coefficient (Wildman–Crippen LogP) is 3.83. The first kappa shape index (κ1) is 15.9. The number of alkyl halides is 1. The molecule has 2 saturated carbocycles. The van der Waals surface area contributed by atoms with Crippen molar-refractivity contribution in [3.8, 4) is 0 Å². The Balaban J connectivity index is 1.97. The summed E-state index contributed by atoms with van der Waals surface area (Å²) in [5.74, 6) is 0.430. The molecule has 0 saturated heterocycles. The Kier molecular flexibility index (Phi) is 3.46. The minimum absolute atomic E-state index is 0.128. The van der Waals surface area contributed by atoms with Gasteiger partial charge in [-0.15, -0.1) is 0 Å². The predicted molar refractivity (Wildman–Crippen MR) is 89.2 cm³/mol. The molecule has 0 unspecified atom stereocenters. The van der Waals surface area contributed by atoms with Crippen LogP contribution in [0.4, 0.5) is 5.82 Å². The van der Waals surface area contributed by atoms with Gasteiger partial charge in [-0.1, -0.05) is 48.3 Å². The molecule has 1 heterocycles. The van der Waals surface area contributed by atoms with Gasteiger partial charge in [-0.2, -0.15) is 0 Å². The van der Waals surface area contributed by atoms with Crippen molar-refractivity contribution < 1.29 is 9.59 Å². The molecule has 2 bridgehead atoms. The van der Waals surface area contributed by atoms with Gasteiger partial charge >= 0.3 is 0 Å². The molecule has 2 fully saturated rings. The zero-order valence-corrected chi connectivity index (χ0v) is 15.1. The molecule has 4 nitrogen and oxygen atoms in total. The number of aromatic nitrogens is 1. The number of halogens is 2. The average Bonchev–Trinajstić information content (AvgIpc) is 2.74. The van der Waals surface area contributed by atoms with Crippen molar-refractivity contribution in [1.82, 2.24) is 4.98 Å². The molecule has 118 valence electrons. The highest BCUT2D eigenvalue weighted by molar-refractivity contribution is 9.10. The average molecular weight is 386 g/mol. The van der Waals surface area contributed by atoms with Crippen molar-refractivity contribution in [3.05, 3.63) is 23.4 Å². The Labute approximate surface area is 143 Å². The maximum Gasteiger partial charge on any atom is 0.233 e. The number of anilines is 1. The van der Waals surface area contributed by atoms with E-state index in [-0.39, 0.29) is 11.7 Å². The molecule has 22 heavy (non-hydrogen) atoms. The zero-order valence-electron chi connectivity index (χ0n) is 12.7. The first-order valence-corrected chi connectivity index (χ1v) is 8.57. The molecule has 0 radical (unpaired) electrons. The molecular weight excluding hydrogens is 368 g/mol. The van der Waals surface area contributed by atoms with Crippen LogP contribution in [0.5, 0.6) is 0 Å². The van der Waals surface area contributed by atoms with Crippen molar-refractivity contribution in [2.75, 3.05) is 5.32 Å². The van der Waals surface area contributed by atoms with E-state index in [9.17, 15) is 9.59 Å². The highest BCUT2D eigenvalue weighted by Gasteiger charge is 2.76. The van der Waals surface area contributed by atoms with Crippen molar-refractivity contribution in [1.29, 1.82) is 0 Å². The number of hydrogen-bond donors (Lipinski definition) is 1. The van der Waals surface area contributed by atoms with Crippen LogP contribution in [0.3, 0.4) is 0 Å². The van der Waals surface area contributed by atoms with E-state index < -0.39 is 21.1 Å². The van der Waals surface area contributed by atoms with Gasteiger partial charge in [0.2, 0.25) is 5.91 Å². The number of nitrogens with zero attached hydrogens (tertiary/aromatic N) is 1. The SMILES string of the molecule is CC1(C)[C@]2(C(=O)Nc3ccc(Cl)cn3)CC[C@]1(C)C(=O)[C@H]2Br. The molecule has 0 aliphatic heterocycles. The second-order valence-electron chi connectivity index (χ2n) is 6.97. The third-order valence-electron chi connectivity index (χ3n) is 6.09. The Morgan fingerprint density at radius 1 is 1.36 bits per heavy atom. The molecule has 3 rings (SSSR count). The fourth-order valence-corrected chi connectivity index (χ4v) is 5.76. The summed E-state index contributed by atoms with van der Waals surface area (Å²) in [6.07, 6.45) is 2.92. The fraction of sp³-hybridized carbons (Fsp3) is 0.562. The molecule has 0 spiro atoms. The molecule has 1 aromatic heterocycles. The number of rotatable bonds is 2. The molecular formula is C16H18BrClN2O2. The fourth-order valence-electron chi connectivity index (χ4n) is 4.13. The number of amides is 1. The Morgan fingerprint density at radius 3 is 2.55 bits per heavy atom. The van der Waals surface area contributed by atoms with E-state index in [1.807, 2.05) is 20.8 Å². The van der Waals surface area contributed by atoms with Gasteiger partial charge in [0.05, 0.1) is 15.3 Å². The number of Topliss-reactive ketones (excluding diaryl/α,β-unsaturated/α-hetero) is 1. The van der Waals surface area contributed by atoms with Gasteiger partial charge in [-0.3, -0.25) is 9.59 Å². The molecule has 2 aliphatic rings. The summed E-state index contributed by atoms with van der Waals surface area (Å²) >= 11 is 9.32. The van der Waals surface area contributed by atoms with Crippen LogP contribution in [0.15, 0.2) is 18.3 Å². The number of carbonyl (C=O) groups is 2. The van der Waals surface area contributed by atoms with Gasteiger partial charge in [0.15, 0.2) is 5.78 Å². The van der Waals surface area contributed by atoms with E-state index in [0.29, 0.717) is 17.3 Å². The van der Waals surface area contributed by atoms with Gasteiger partial charge in [-0.05, 0) is 30.4 Å². The molecule has 1 N–H and O–H groups in total. The second kappa shape index (κ2) is 4.78. The van der Waals surface area contributed by atoms with E-state index in [1.165, 1.54) is 6.20 Å². The number of pyridine rings is 1. The number of hydrogen-bond acceptors (Lipinski definition) is 3. The molecule has 6 heteroatoms. The summed E-state index contributed by atoms with van der Waals surface area (Å²) < 4.78 is 0. The molecule has 3 atom stereocenters. The summed E-state index contributed by atoms with van der Waals surface area (Å²) in [6, 6.07) is 3.34. The largest absolute Gasteiger partial charge is 0.310 e. The maximum absolute atomic E-state index is 13.0. The number of ketones is 1. The first-order chi connectivity index (χ1) is 10.2.